The van der Waals surface area contributed by atoms with Crippen LogP contribution in [0.3, 0.4) is 0 Å². The van der Waals surface area contributed by atoms with Gasteiger partial charge in [0.15, 0.2) is 0 Å². The maximum absolute atomic E-state index is 9.06. The zero-order valence-electron chi connectivity index (χ0n) is 11.6. The van der Waals surface area contributed by atoms with Crippen LogP contribution in [0.2, 0.25) is 0 Å². The predicted molar refractivity (Wildman–Crippen MR) is 80.2 cm³/mol. The lowest BCUT2D eigenvalue weighted by Gasteiger charge is -2.08. The molecule has 1 aromatic heterocycles. The zero-order chi connectivity index (χ0) is 14.4. The number of hydrogen-bond acceptors (Lipinski definition) is 4. The Morgan fingerprint density at radius 2 is 1.85 bits per heavy atom. The Bertz CT molecular complexity index is 611. The Morgan fingerprint density at radius 1 is 1.15 bits per heavy atom. The van der Waals surface area contributed by atoms with E-state index in [1.165, 1.54) is 5.56 Å². The summed E-state index contributed by atoms with van der Waals surface area (Å²) in [4.78, 5) is 4.36. The second kappa shape index (κ2) is 6.69. The average molecular weight is 266 g/mol. The molecule has 4 heteroatoms. The van der Waals surface area contributed by atoms with Crippen LogP contribution in [0.15, 0.2) is 36.4 Å². The van der Waals surface area contributed by atoms with Crippen LogP contribution >= 0.6 is 0 Å². The SMILES string of the molecule is Cc1ccc(C#N)c(NCc2ccc(CCN)cc2)n1. The van der Waals surface area contributed by atoms with Gasteiger partial charge < -0.3 is 11.1 Å². The lowest BCUT2D eigenvalue weighted by molar-refractivity contribution is 0.965. The summed E-state index contributed by atoms with van der Waals surface area (Å²) in [5, 5.41) is 12.3. The van der Waals surface area contributed by atoms with Crippen molar-refractivity contribution in [2.24, 2.45) is 5.73 Å². The molecule has 1 heterocycles. The van der Waals surface area contributed by atoms with Crippen molar-refractivity contribution in [1.29, 1.82) is 5.26 Å². The van der Waals surface area contributed by atoms with Crippen molar-refractivity contribution in [3.8, 4) is 6.07 Å². The van der Waals surface area contributed by atoms with Crippen LogP contribution in [0.5, 0.6) is 0 Å². The average Bonchev–Trinajstić information content (AvgIpc) is 2.47. The van der Waals surface area contributed by atoms with Gasteiger partial charge in [0, 0.05) is 12.2 Å². The Hall–Kier alpha value is -2.38. The number of rotatable bonds is 5. The molecule has 20 heavy (non-hydrogen) atoms. The third-order valence-corrected chi connectivity index (χ3v) is 3.07. The number of nitrogens with zero attached hydrogens (tertiary/aromatic N) is 2. The van der Waals surface area contributed by atoms with Gasteiger partial charge in [-0.2, -0.15) is 5.26 Å². The van der Waals surface area contributed by atoms with Gasteiger partial charge in [-0.3, -0.25) is 0 Å². The molecular weight excluding hydrogens is 248 g/mol. The first-order valence-corrected chi connectivity index (χ1v) is 6.62. The van der Waals surface area contributed by atoms with E-state index in [0.717, 1.165) is 17.7 Å². The summed E-state index contributed by atoms with van der Waals surface area (Å²) in [5.41, 5.74) is 9.38. The molecule has 0 aliphatic heterocycles. The summed E-state index contributed by atoms with van der Waals surface area (Å²) in [6.07, 6.45) is 0.895. The fourth-order valence-electron chi connectivity index (χ4n) is 1.96. The molecule has 0 atom stereocenters. The number of nitrogens with one attached hydrogen (secondary N) is 1. The lowest BCUT2D eigenvalue weighted by Crippen LogP contribution is -2.05. The maximum atomic E-state index is 9.06. The van der Waals surface area contributed by atoms with Crippen molar-refractivity contribution in [3.63, 3.8) is 0 Å². The van der Waals surface area contributed by atoms with Gasteiger partial charge in [-0.15, -0.1) is 0 Å². The summed E-state index contributed by atoms with van der Waals surface area (Å²) < 4.78 is 0. The molecule has 2 aromatic rings. The first-order valence-electron chi connectivity index (χ1n) is 6.62. The quantitative estimate of drug-likeness (QED) is 0.871. The van der Waals surface area contributed by atoms with Crippen LogP contribution in [0.4, 0.5) is 5.82 Å². The minimum absolute atomic E-state index is 0.565. The molecule has 0 amide bonds. The van der Waals surface area contributed by atoms with Gasteiger partial charge in [0.05, 0.1) is 5.56 Å². The normalized spacial score (nSPS) is 10.1. The van der Waals surface area contributed by atoms with Gasteiger partial charge in [0.1, 0.15) is 11.9 Å². The number of nitrogens with two attached hydrogens (primary N) is 1. The number of aryl methyl sites for hydroxylation is 1. The van der Waals surface area contributed by atoms with Crippen LogP contribution in [0.1, 0.15) is 22.4 Å². The van der Waals surface area contributed by atoms with Crippen molar-refractivity contribution in [3.05, 3.63) is 58.8 Å². The Balaban J connectivity index is 2.05. The number of benzene rings is 1. The molecule has 3 N–H and O–H groups in total. The molecule has 0 aliphatic rings. The van der Waals surface area contributed by atoms with E-state index in [4.69, 9.17) is 11.0 Å². The maximum Gasteiger partial charge on any atom is 0.144 e. The van der Waals surface area contributed by atoms with Gasteiger partial charge in [-0.1, -0.05) is 24.3 Å². The van der Waals surface area contributed by atoms with Gasteiger partial charge in [0.25, 0.3) is 0 Å². The highest BCUT2D eigenvalue weighted by molar-refractivity contribution is 5.52. The smallest absolute Gasteiger partial charge is 0.144 e. The molecule has 4 nitrogen and oxygen atoms in total. The van der Waals surface area contributed by atoms with E-state index in [2.05, 4.69) is 40.6 Å². The van der Waals surface area contributed by atoms with Crippen LogP contribution in [0.25, 0.3) is 0 Å². The summed E-state index contributed by atoms with van der Waals surface area (Å²) >= 11 is 0. The van der Waals surface area contributed by atoms with Crippen LogP contribution in [-0.2, 0) is 13.0 Å². The summed E-state index contributed by atoms with van der Waals surface area (Å²) in [6, 6.07) is 14.1. The molecule has 0 aliphatic carbocycles. The van der Waals surface area contributed by atoms with Crippen molar-refractivity contribution in [1.82, 2.24) is 4.98 Å². The number of nitriles is 1. The van der Waals surface area contributed by atoms with Crippen LogP contribution < -0.4 is 11.1 Å². The molecule has 2 rings (SSSR count). The van der Waals surface area contributed by atoms with Gasteiger partial charge in [-0.25, -0.2) is 4.98 Å². The Kier molecular flexibility index (Phi) is 4.70. The summed E-state index contributed by atoms with van der Waals surface area (Å²) in [6.45, 7) is 3.22. The van der Waals surface area contributed by atoms with Crippen LogP contribution in [-0.4, -0.2) is 11.5 Å². The van der Waals surface area contributed by atoms with E-state index in [0.29, 0.717) is 24.5 Å². The number of pyridine rings is 1. The van der Waals surface area contributed by atoms with E-state index in [1.807, 2.05) is 13.0 Å². The highest BCUT2D eigenvalue weighted by atomic mass is 15.0. The second-order valence-corrected chi connectivity index (χ2v) is 4.67. The van der Waals surface area contributed by atoms with Crippen LogP contribution in [0, 0.1) is 18.3 Å². The highest BCUT2D eigenvalue weighted by Gasteiger charge is 2.03. The molecule has 0 radical (unpaired) electrons. The lowest BCUT2D eigenvalue weighted by atomic mass is 10.1. The molecule has 1 aromatic carbocycles. The largest absolute Gasteiger partial charge is 0.365 e. The van der Waals surface area contributed by atoms with E-state index >= 15 is 0 Å². The van der Waals surface area contributed by atoms with Gasteiger partial charge in [0.2, 0.25) is 0 Å². The molecule has 102 valence electrons. The van der Waals surface area contributed by atoms with Gasteiger partial charge in [-0.05, 0) is 43.1 Å². The van der Waals surface area contributed by atoms with Crippen molar-refractivity contribution >= 4 is 5.82 Å². The topological polar surface area (TPSA) is 74.7 Å². The molecule has 0 saturated carbocycles. The van der Waals surface area contributed by atoms with Gasteiger partial charge >= 0.3 is 0 Å². The van der Waals surface area contributed by atoms with E-state index < -0.39 is 0 Å². The summed E-state index contributed by atoms with van der Waals surface area (Å²) in [7, 11) is 0. The first-order chi connectivity index (χ1) is 9.72. The van der Waals surface area contributed by atoms with Crippen molar-refractivity contribution in [2.75, 3.05) is 11.9 Å². The molecular formula is C16H18N4. The third kappa shape index (κ3) is 3.56. The zero-order valence-corrected chi connectivity index (χ0v) is 11.6. The third-order valence-electron chi connectivity index (χ3n) is 3.07. The Labute approximate surface area is 119 Å². The summed E-state index contributed by atoms with van der Waals surface area (Å²) in [5.74, 6) is 0.638. The molecule has 0 spiro atoms. The Morgan fingerprint density at radius 3 is 2.50 bits per heavy atom. The number of hydrogen-bond donors (Lipinski definition) is 2. The van der Waals surface area contributed by atoms with Crippen molar-refractivity contribution < 1.29 is 0 Å². The highest BCUT2D eigenvalue weighted by Crippen LogP contribution is 2.14. The molecule has 0 fully saturated rings. The number of aromatic nitrogens is 1. The molecule has 0 unspecified atom stereocenters. The fraction of sp³-hybridized carbons (Fsp3) is 0.250. The first kappa shape index (κ1) is 14.0. The fourth-order valence-corrected chi connectivity index (χ4v) is 1.96. The van der Waals surface area contributed by atoms with Crippen molar-refractivity contribution in [2.45, 2.75) is 19.9 Å². The monoisotopic (exact) mass is 266 g/mol. The minimum atomic E-state index is 0.565. The number of anilines is 1. The van der Waals surface area contributed by atoms with E-state index in [-0.39, 0.29) is 0 Å². The van der Waals surface area contributed by atoms with E-state index in [1.54, 1.807) is 6.07 Å². The standard InChI is InChI=1S/C16H18N4/c1-12-2-7-15(10-18)16(20-12)19-11-14-5-3-13(4-6-14)8-9-17/h2-7H,8-9,11,17H2,1H3,(H,19,20). The predicted octanol–water partition coefficient (Wildman–Crippen LogP) is 2.38. The molecule has 0 bridgehead atoms. The second-order valence-electron chi connectivity index (χ2n) is 4.67. The molecule has 0 saturated heterocycles. The minimum Gasteiger partial charge on any atom is -0.365 e. The van der Waals surface area contributed by atoms with E-state index in [9.17, 15) is 0 Å².